The van der Waals surface area contributed by atoms with Crippen LogP contribution in [-0.4, -0.2) is 19.0 Å². The van der Waals surface area contributed by atoms with Crippen LogP contribution in [0.15, 0.2) is 24.3 Å². The zero-order valence-electron chi connectivity index (χ0n) is 10.9. The van der Waals surface area contributed by atoms with Gasteiger partial charge in [-0.25, -0.2) is 5.84 Å². The Hall–Kier alpha value is -1.55. The molecule has 0 radical (unpaired) electrons. The molecule has 1 amide bonds. The van der Waals surface area contributed by atoms with Crippen LogP contribution in [0.2, 0.25) is 0 Å². The Kier molecular flexibility index (Phi) is 4.20. The van der Waals surface area contributed by atoms with Crippen LogP contribution >= 0.6 is 0 Å². The number of anilines is 1. The van der Waals surface area contributed by atoms with Gasteiger partial charge in [0, 0.05) is 25.2 Å². The largest absolute Gasteiger partial charge is 0.371 e. The molecular formula is C14H21N3O. The zero-order chi connectivity index (χ0) is 13.0. The molecular weight excluding hydrogens is 226 g/mol. The van der Waals surface area contributed by atoms with E-state index in [-0.39, 0.29) is 5.91 Å². The summed E-state index contributed by atoms with van der Waals surface area (Å²) in [5.74, 6) is 5.66. The lowest BCUT2D eigenvalue weighted by atomic mass is 9.94. The third kappa shape index (κ3) is 3.01. The molecule has 1 aliphatic heterocycles. The molecule has 3 N–H and O–H groups in total. The molecule has 0 saturated carbocycles. The summed E-state index contributed by atoms with van der Waals surface area (Å²) >= 11 is 0. The van der Waals surface area contributed by atoms with Crippen molar-refractivity contribution >= 4 is 11.6 Å². The lowest BCUT2D eigenvalue weighted by molar-refractivity contribution is -0.121. The first-order valence-corrected chi connectivity index (χ1v) is 6.53. The maximum atomic E-state index is 11.1. The Balaban J connectivity index is 1.98. The number of benzene rings is 1. The second-order valence-corrected chi connectivity index (χ2v) is 5.06. The number of fused-ring (bicyclic) bond motifs is 1. The van der Waals surface area contributed by atoms with E-state index in [2.05, 4.69) is 41.5 Å². The summed E-state index contributed by atoms with van der Waals surface area (Å²) in [5, 5.41) is 0. The normalized spacial score (nSPS) is 18.3. The molecule has 0 bridgehead atoms. The minimum Gasteiger partial charge on any atom is -0.371 e. The van der Waals surface area contributed by atoms with Crippen LogP contribution < -0.4 is 16.2 Å². The minimum atomic E-state index is -0.0895. The van der Waals surface area contributed by atoms with Gasteiger partial charge in [0.1, 0.15) is 0 Å². The third-order valence-corrected chi connectivity index (χ3v) is 3.43. The summed E-state index contributed by atoms with van der Waals surface area (Å²) in [6.07, 6.45) is 2.48. The molecule has 4 heteroatoms. The van der Waals surface area contributed by atoms with Gasteiger partial charge in [0.2, 0.25) is 5.91 Å². The third-order valence-electron chi connectivity index (χ3n) is 3.43. The highest BCUT2D eigenvalue weighted by molar-refractivity contribution is 5.75. The predicted octanol–water partition coefficient (Wildman–Crippen LogP) is 1.46. The van der Waals surface area contributed by atoms with E-state index in [0.29, 0.717) is 12.3 Å². The molecule has 0 aliphatic carbocycles. The van der Waals surface area contributed by atoms with Gasteiger partial charge < -0.3 is 4.90 Å². The topological polar surface area (TPSA) is 58.4 Å². The first kappa shape index (κ1) is 12.9. The van der Waals surface area contributed by atoms with E-state index in [1.54, 1.807) is 0 Å². The van der Waals surface area contributed by atoms with Crippen molar-refractivity contribution < 1.29 is 4.79 Å². The van der Waals surface area contributed by atoms with Crippen molar-refractivity contribution in [3.05, 3.63) is 29.8 Å². The molecule has 1 atom stereocenters. The molecule has 0 saturated heterocycles. The maximum absolute atomic E-state index is 11.1. The number of nitrogens with one attached hydrogen (secondary N) is 1. The number of carbonyl (C=O) groups excluding carboxylic acids is 1. The molecule has 2 rings (SSSR count). The number of rotatable bonds is 4. The fourth-order valence-electron chi connectivity index (χ4n) is 2.62. The lowest BCUT2D eigenvalue weighted by Crippen LogP contribution is -2.36. The smallest absolute Gasteiger partial charge is 0.233 e. The fourth-order valence-corrected chi connectivity index (χ4v) is 2.62. The van der Waals surface area contributed by atoms with Gasteiger partial charge in [-0.1, -0.05) is 25.1 Å². The minimum absolute atomic E-state index is 0.0895. The molecule has 1 aliphatic rings. The summed E-state index contributed by atoms with van der Waals surface area (Å²) in [7, 11) is 0. The monoisotopic (exact) mass is 247 g/mol. The van der Waals surface area contributed by atoms with E-state index in [0.717, 1.165) is 25.9 Å². The molecule has 1 aromatic rings. The number of hydrogen-bond donors (Lipinski definition) is 2. The first-order valence-electron chi connectivity index (χ1n) is 6.53. The van der Waals surface area contributed by atoms with Gasteiger partial charge in [-0.05, 0) is 30.4 Å². The quantitative estimate of drug-likeness (QED) is 0.481. The van der Waals surface area contributed by atoms with Crippen LogP contribution in [0.3, 0.4) is 0 Å². The molecule has 1 unspecified atom stereocenters. The molecule has 4 nitrogen and oxygen atoms in total. The van der Waals surface area contributed by atoms with Crippen molar-refractivity contribution in [3.8, 4) is 0 Å². The molecule has 18 heavy (non-hydrogen) atoms. The van der Waals surface area contributed by atoms with Crippen molar-refractivity contribution in [2.45, 2.75) is 26.2 Å². The van der Waals surface area contributed by atoms with Crippen LogP contribution in [0, 0.1) is 5.92 Å². The van der Waals surface area contributed by atoms with E-state index in [9.17, 15) is 4.79 Å². The molecule has 1 aromatic carbocycles. The van der Waals surface area contributed by atoms with Crippen LogP contribution in [0.4, 0.5) is 5.69 Å². The first-order chi connectivity index (χ1) is 8.70. The standard InChI is InChI=1S/C14H21N3O/c1-11-9-12-5-2-3-6-13(12)17(10-11)8-4-7-14(18)16-15/h2-3,5-6,11H,4,7-10,15H2,1H3,(H,16,18). The Morgan fingerprint density at radius 3 is 3.06 bits per heavy atom. The van der Waals surface area contributed by atoms with Crippen molar-refractivity contribution in [2.24, 2.45) is 11.8 Å². The van der Waals surface area contributed by atoms with Crippen molar-refractivity contribution in [1.82, 2.24) is 5.43 Å². The fraction of sp³-hybridized carbons (Fsp3) is 0.500. The summed E-state index contributed by atoms with van der Waals surface area (Å²) < 4.78 is 0. The van der Waals surface area contributed by atoms with E-state index >= 15 is 0 Å². The van der Waals surface area contributed by atoms with E-state index in [1.807, 2.05) is 0 Å². The number of hydrazine groups is 1. The van der Waals surface area contributed by atoms with E-state index in [1.165, 1.54) is 11.3 Å². The van der Waals surface area contributed by atoms with Gasteiger partial charge in [-0.3, -0.25) is 10.2 Å². The number of carbonyl (C=O) groups is 1. The number of amides is 1. The van der Waals surface area contributed by atoms with E-state index < -0.39 is 0 Å². The highest BCUT2D eigenvalue weighted by Gasteiger charge is 2.20. The van der Waals surface area contributed by atoms with Crippen LogP contribution in [0.1, 0.15) is 25.3 Å². The number of nitrogens with zero attached hydrogens (tertiary/aromatic N) is 1. The van der Waals surface area contributed by atoms with Crippen molar-refractivity contribution in [2.75, 3.05) is 18.0 Å². The Bertz CT molecular complexity index is 419. The lowest BCUT2D eigenvalue weighted by Gasteiger charge is -2.34. The highest BCUT2D eigenvalue weighted by Crippen LogP contribution is 2.29. The number of para-hydroxylation sites is 1. The molecule has 0 spiro atoms. The van der Waals surface area contributed by atoms with Gasteiger partial charge in [-0.2, -0.15) is 0 Å². The van der Waals surface area contributed by atoms with Gasteiger partial charge in [0.05, 0.1) is 0 Å². The van der Waals surface area contributed by atoms with Crippen LogP contribution in [0.25, 0.3) is 0 Å². The summed E-state index contributed by atoms with van der Waals surface area (Å²) in [6.45, 7) is 4.26. The van der Waals surface area contributed by atoms with E-state index in [4.69, 9.17) is 5.84 Å². The SMILES string of the molecule is CC1Cc2ccccc2N(CCCC(=O)NN)C1. The summed E-state index contributed by atoms with van der Waals surface area (Å²) in [5.41, 5.74) is 4.91. The molecule has 0 aromatic heterocycles. The van der Waals surface area contributed by atoms with Gasteiger partial charge in [0.15, 0.2) is 0 Å². The summed E-state index contributed by atoms with van der Waals surface area (Å²) in [6, 6.07) is 8.54. The van der Waals surface area contributed by atoms with Gasteiger partial charge in [-0.15, -0.1) is 0 Å². The second kappa shape index (κ2) is 5.87. The average Bonchev–Trinajstić information content (AvgIpc) is 2.38. The Morgan fingerprint density at radius 1 is 1.50 bits per heavy atom. The average molecular weight is 247 g/mol. The van der Waals surface area contributed by atoms with Gasteiger partial charge >= 0.3 is 0 Å². The summed E-state index contributed by atoms with van der Waals surface area (Å²) in [4.78, 5) is 13.5. The van der Waals surface area contributed by atoms with Crippen molar-refractivity contribution in [3.63, 3.8) is 0 Å². The zero-order valence-corrected chi connectivity index (χ0v) is 10.9. The Labute approximate surface area is 108 Å². The van der Waals surface area contributed by atoms with Crippen molar-refractivity contribution in [1.29, 1.82) is 0 Å². The second-order valence-electron chi connectivity index (χ2n) is 5.06. The molecule has 98 valence electrons. The van der Waals surface area contributed by atoms with Gasteiger partial charge in [0.25, 0.3) is 0 Å². The number of nitrogens with two attached hydrogens (primary N) is 1. The Morgan fingerprint density at radius 2 is 2.28 bits per heavy atom. The van der Waals surface area contributed by atoms with Crippen LogP contribution in [0.5, 0.6) is 0 Å². The molecule has 0 fully saturated rings. The number of hydrogen-bond acceptors (Lipinski definition) is 3. The van der Waals surface area contributed by atoms with Crippen LogP contribution in [-0.2, 0) is 11.2 Å². The molecule has 1 heterocycles. The highest BCUT2D eigenvalue weighted by atomic mass is 16.2. The predicted molar refractivity (Wildman–Crippen MR) is 73.1 cm³/mol. The maximum Gasteiger partial charge on any atom is 0.233 e.